The summed E-state index contributed by atoms with van der Waals surface area (Å²) in [5.41, 5.74) is 1.30. The molecule has 2 aromatic rings. The standard InChI is InChI=1S/C18H20Cl2N2O2/c1-12(2)11-24-15-5-3-4-14(9-15)21-10-18(23)22-17-8-13(19)6-7-16(17)20/h3-9,12,21H,10-11H2,1-2H3,(H,22,23). The molecule has 0 unspecified atom stereocenters. The number of anilines is 2. The monoisotopic (exact) mass is 366 g/mol. The summed E-state index contributed by atoms with van der Waals surface area (Å²) in [6, 6.07) is 12.4. The number of carbonyl (C=O) groups is 1. The molecule has 128 valence electrons. The molecule has 0 aliphatic heterocycles. The first-order valence-electron chi connectivity index (χ1n) is 7.65. The van der Waals surface area contributed by atoms with Crippen molar-refractivity contribution in [2.75, 3.05) is 23.8 Å². The smallest absolute Gasteiger partial charge is 0.243 e. The normalized spacial score (nSPS) is 10.5. The summed E-state index contributed by atoms with van der Waals surface area (Å²) in [6.07, 6.45) is 0. The van der Waals surface area contributed by atoms with Crippen molar-refractivity contribution < 1.29 is 9.53 Å². The van der Waals surface area contributed by atoms with Crippen LogP contribution in [0.5, 0.6) is 5.75 Å². The summed E-state index contributed by atoms with van der Waals surface area (Å²) < 4.78 is 5.67. The fourth-order valence-corrected chi connectivity index (χ4v) is 2.27. The van der Waals surface area contributed by atoms with Gasteiger partial charge in [0.1, 0.15) is 5.75 Å². The second kappa shape index (κ2) is 8.81. The van der Waals surface area contributed by atoms with Gasteiger partial charge < -0.3 is 15.4 Å². The Balaban J connectivity index is 1.89. The number of ether oxygens (including phenoxy) is 1. The van der Waals surface area contributed by atoms with Gasteiger partial charge in [-0.3, -0.25) is 4.79 Å². The van der Waals surface area contributed by atoms with E-state index in [2.05, 4.69) is 24.5 Å². The minimum Gasteiger partial charge on any atom is -0.493 e. The van der Waals surface area contributed by atoms with E-state index in [-0.39, 0.29) is 12.5 Å². The fraction of sp³-hybridized carbons (Fsp3) is 0.278. The Morgan fingerprint density at radius 3 is 2.71 bits per heavy atom. The maximum Gasteiger partial charge on any atom is 0.243 e. The number of halogens is 2. The van der Waals surface area contributed by atoms with Crippen LogP contribution in [0.1, 0.15) is 13.8 Å². The van der Waals surface area contributed by atoms with Crippen LogP contribution in [0.4, 0.5) is 11.4 Å². The van der Waals surface area contributed by atoms with Crippen LogP contribution in [-0.2, 0) is 4.79 Å². The van der Waals surface area contributed by atoms with E-state index in [0.717, 1.165) is 11.4 Å². The van der Waals surface area contributed by atoms with E-state index in [1.807, 2.05) is 24.3 Å². The number of nitrogens with one attached hydrogen (secondary N) is 2. The molecule has 0 saturated heterocycles. The van der Waals surface area contributed by atoms with Crippen LogP contribution >= 0.6 is 23.2 Å². The summed E-state index contributed by atoms with van der Waals surface area (Å²) in [4.78, 5) is 12.0. The highest BCUT2D eigenvalue weighted by molar-refractivity contribution is 6.35. The average molecular weight is 367 g/mol. The third-order valence-electron chi connectivity index (χ3n) is 3.07. The van der Waals surface area contributed by atoms with Gasteiger partial charge in [0.05, 0.1) is 23.9 Å². The summed E-state index contributed by atoms with van der Waals surface area (Å²) in [7, 11) is 0. The number of rotatable bonds is 7. The van der Waals surface area contributed by atoms with Crippen LogP contribution in [0.15, 0.2) is 42.5 Å². The summed E-state index contributed by atoms with van der Waals surface area (Å²) in [6.45, 7) is 4.94. The number of benzene rings is 2. The lowest BCUT2D eigenvalue weighted by Gasteiger charge is -2.12. The Morgan fingerprint density at radius 1 is 1.17 bits per heavy atom. The van der Waals surface area contributed by atoms with E-state index in [1.54, 1.807) is 18.2 Å². The lowest BCUT2D eigenvalue weighted by molar-refractivity contribution is -0.114. The van der Waals surface area contributed by atoms with Crippen molar-refractivity contribution >= 4 is 40.5 Å². The van der Waals surface area contributed by atoms with Crippen LogP contribution in [-0.4, -0.2) is 19.1 Å². The van der Waals surface area contributed by atoms with Crippen molar-refractivity contribution in [1.29, 1.82) is 0 Å². The molecule has 1 amide bonds. The number of hydrogen-bond acceptors (Lipinski definition) is 3. The van der Waals surface area contributed by atoms with Crippen LogP contribution < -0.4 is 15.4 Å². The number of hydrogen-bond donors (Lipinski definition) is 2. The van der Waals surface area contributed by atoms with Gasteiger partial charge >= 0.3 is 0 Å². The SMILES string of the molecule is CC(C)COc1cccc(NCC(=O)Nc2cc(Cl)ccc2Cl)c1. The summed E-state index contributed by atoms with van der Waals surface area (Å²) in [5.74, 6) is 1.01. The molecule has 4 nitrogen and oxygen atoms in total. The Hall–Kier alpha value is -1.91. The van der Waals surface area contributed by atoms with Gasteiger partial charge in [0.15, 0.2) is 0 Å². The Labute approximate surface area is 152 Å². The van der Waals surface area contributed by atoms with Crippen molar-refractivity contribution in [3.8, 4) is 5.75 Å². The van der Waals surface area contributed by atoms with Gasteiger partial charge in [-0.2, -0.15) is 0 Å². The molecule has 0 spiro atoms. The third-order valence-corrected chi connectivity index (χ3v) is 3.64. The minimum atomic E-state index is -0.215. The third kappa shape index (κ3) is 5.95. The van der Waals surface area contributed by atoms with E-state index in [0.29, 0.717) is 28.3 Å². The van der Waals surface area contributed by atoms with E-state index in [4.69, 9.17) is 27.9 Å². The quantitative estimate of drug-likeness (QED) is 0.718. The molecule has 0 fully saturated rings. The minimum absolute atomic E-state index is 0.108. The van der Waals surface area contributed by atoms with Gasteiger partial charge in [0, 0.05) is 16.8 Å². The van der Waals surface area contributed by atoms with Crippen molar-refractivity contribution in [2.24, 2.45) is 5.92 Å². The Morgan fingerprint density at radius 2 is 1.96 bits per heavy atom. The van der Waals surface area contributed by atoms with Crippen LogP contribution in [0, 0.1) is 5.92 Å². The predicted octanol–water partition coefficient (Wildman–Crippen LogP) is 5.08. The number of amides is 1. The topological polar surface area (TPSA) is 50.4 Å². The highest BCUT2D eigenvalue weighted by Gasteiger charge is 2.07. The van der Waals surface area contributed by atoms with Gasteiger partial charge in [0.2, 0.25) is 5.91 Å². The predicted molar refractivity (Wildman–Crippen MR) is 100 cm³/mol. The average Bonchev–Trinajstić information content (AvgIpc) is 2.55. The molecule has 0 aliphatic carbocycles. The van der Waals surface area contributed by atoms with E-state index < -0.39 is 0 Å². The molecular formula is C18H20Cl2N2O2. The molecule has 0 aliphatic rings. The highest BCUT2D eigenvalue weighted by Crippen LogP contribution is 2.25. The van der Waals surface area contributed by atoms with E-state index in [1.165, 1.54) is 0 Å². The zero-order chi connectivity index (χ0) is 17.5. The molecule has 0 saturated carbocycles. The van der Waals surface area contributed by atoms with Crippen LogP contribution in [0.2, 0.25) is 10.0 Å². The van der Waals surface area contributed by atoms with Crippen LogP contribution in [0.3, 0.4) is 0 Å². The van der Waals surface area contributed by atoms with Gasteiger partial charge in [0.25, 0.3) is 0 Å². The van der Waals surface area contributed by atoms with Crippen molar-refractivity contribution in [3.05, 3.63) is 52.5 Å². The van der Waals surface area contributed by atoms with Gasteiger partial charge in [-0.1, -0.05) is 43.1 Å². The van der Waals surface area contributed by atoms with Crippen molar-refractivity contribution in [2.45, 2.75) is 13.8 Å². The zero-order valence-electron chi connectivity index (χ0n) is 13.6. The molecule has 6 heteroatoms. The van der Waals surface area contributed by atoms with Crippen LogP contribution in [0.25, 0.3) is 0 Å². The highest BCUT2D eigenvalue weighted by atomic mass is 35.5. The second-order valence-electron chi connectivity index (χ2n) is 5.76. The first-order chi connectivity index (χ1) is 11.4. The molecule has 2 N–H and O–H groups in total. The second-order valence-corrected chi connectivity index (χ2v) is 6.60. The Kier molecular flexibility index (Phi) is 6.76. The molecule has 2 rings (SSSR count). The van der Waals surface area contributed by atoms with E-state index >= 15 is 0 Å². The van der Waals surface area contributed by atoms with E-state index in [9.17, 15) is 4.79 Å². The van der Waals surface area contributed by atoms with Gasteiger partial charge in [-0.05, 0) is 36.2 Å². The lowest BCUT2D eigenvalue weighted by atomic mass is 10.2. The maximum atomic E-state index is 12.0. The molecule has 0 heterocycles. The van der Waals surface area contributed by atoms with Crippen molar-refractivity contribution in [3.63, 3.8) is 0 Å². The molecule has 2 aromatic carbocycles. The maximum absolute atomic E-state index is 12.0. The molecular weight excluding hydrogens is 347 g/mol. The summed E-state index contributed by atoms with van der Waals surface area (Å²) >= 11 is 11.9. The number of carbonyl (C=O) groups excluding carboxylic acids is 1. The zero-order valence-corrected chi connectivity index (χ0v) is 15.1. The first-order valence-corrected chi connectivity index (χ1v) is 8.41. The first kappa shape index (κ1) is 18.4. The molecule has 24 heavy (non-hydrogen) atoms. The molecule has 0 radical (unpaired) electrons. The molecule has 0 aromatic heterocycles. The summed E-state index contributed by atoms with van der Waals surface area (Å²) in [5, 5.41) is 6.74. The molecule has 0 atom stereocenters. The largest absolute Gasteiger partial charge is 0.493 e. The Bertz CT molecular complexity index is 705. The van der Waals surface area contributed by atoms with Gasteiger partial charge in [-0.25, -0.2) is 0 Å². The fourth-order valence-electron chi connectivity index (χ4n) is 1.93. The lowest BCUT2D eigenvalue weighted by Crippen LogP contribution is -2.21. The van der Waals surface area contributed by atoms with Crippen molar-refractivity contribution in [1.82, 2.24) is 0 Å². The molecule has 0 bridgehead atoms. The van der Waals surface area contributed by atoms with Gasteiger partial charge in [-0.15, -0.1) is 0 Å².